The summed E-state index contributed by atoms with van der Waals surface area (Å²) in [5.74, 6) is 0. The van der Waals surface area contributed by atoms with Gasteiger partial charge in [0.15, 0.2) is 0 Å². The fourth-order valence-electron chi connectivity index (χ4n) is 2.08. The van der Waals surface area contributed by atoms with Crippen molar-refractivity contribution < 1.29 is 8.42 Å². The van der Waals surface area contributed by atoms with E-state index >= 15 is 0 Å². The average Bonchev–Trinajstić information content (AvgIpc) is 2.37. The van der Waals surface area contributed by atoms with Gasteiger partial charge in [-0.15, -0.1) is 0 Å². The fourth-order valence-corrected chi connectivity index (χ4v) is 3.81. The molecule has 0 aliphatic rings. The third-order valence-electron chi connectivity index (χ3n) is 3.44. The summed E-state index contributed by atoms with van der Waals surface area (Å²) >= 11 is 4.90. The van der Waals surface area contributed by atoms with Gasteiger partial charge in [0.1, 0.15) is 4.99 Å². The number of sulfonamides is 1. The van der Waals surface area contributed by atoms with Gasteiger partial charge in [-0.2, -0.15) is 4.31 Å². The van der Waals surface area contributed by atoms with Crippen LogP contribution in [0.4, 0.5) is 0 Å². The zero-order valence-corrected chi connectivity index (χ0v) is 14.0. The molecule has 0 bridgehead atoms. The van der Waals surface area contributed by atoms with Gasteiger partial charge in [0, 0.05) is 18.7 Å². The lowest BCUT2D eigenvalue weighted by Gasteiger charge is -2.25. The highest BCUT2D eigenvalue weighted by molar-refractivity contribution is 7.89. The second-order valence-corrected chi connectivity index (χ2v) is 7.41. The molecule has 0 fully saturated rings. The number of thiocarbonyl (C=S) groups is 1. The molecule has 0 amide bonds. The molecule has 1 atom stereocenters. The van der Waals surface area contributed by atoms with Crippen molar-refractivity contribution >= 4 is 27.2 Å². The summed E-state index contributed by atoms with van der Waals surface area (Å²) in [6, 6.07) is 4.92. The van der Waals surface area contributed by atoms with Crippen molar-refractivity contribution in [3.63, 3.8) is 0 Å². The summed E-state index contributed by atoms with van der Waals surface area (Å²) in [5.41, 5.74) is 6.90. The molecule has 1 aromatic rings. The minimum Gasteiger partial charge on any atom is -0.389 e. The molecule has 0 heterocycles. The normalized spacial score (nSPS) is 13.4. The van der Waals surface area contributed by atoms with E-state index < -0.39 is 10.0 Å². The maximum Gasteiger partial charge on any atom is 0.243 e. The Morgan fingerprint density at radius 1 is 1.45 bits per heavy atom. The molecule has 1 rings (SSSR count). The third-order valence-corrected chi connectivity index (χ3v) is 5.81. The molecule has 0 aliphatic carbocycles. The van der Waals surface area contributed by atoms with Crippen molar-refractivity contribution in [3.8, 4) is 0 Å². The number of benzene rings is 1. The molecule has 4 nitrogen and oxygen atoms in total. The molecular weight excluding hydrogens is 292 g/mol. The summed E-state index contributed by atoms with van der Waals surface area (Å²) in [6.45, 7) is 5.71. The van der Waals surface area contributed by atoms with E-state index in [1.807, 2.05) is 13.8 Å². The van der Waals surface area contributed by atoms with E-state index in [0.717, 1.165) is 12.8 Å². The molecule has 0 saturated carbocycles. The number of nitrogens with two attached hydrogens (primary N) is 1. The topological polar surface area (TPSA) is 63.4 Å². The fraction of sp³-hybridized carbons (Fsp3) is 0.500. The molecule has 0 spiro atoms. The van der Waals surface area contributed by atoms with Crippen LogP contribution in [0.2, 0.25) is 0 Å². The van der Waals surface area contributed by atoms with Crippen LogP contribution in [0, 0.1) is 6.92 Å². The highest BCUT2D eigenvalue weighted by Crippen LogP contribution is 2.22. The molecule has 0 radical (unpaired) electrons. The van der Waals surface area contributed by atoms with Gasteiger partial charge in [-0.25, -0.2) is 8.42 Å². The van der Waals surface area contributed by atoms with Crippen LogP contribution in [0.25, 0.3) is 0 Å². The van der Waals surface area contributed by atoms with E-state index in [1.54, 1.807) is 32.2 Å². The molecule has 0 saturated heterocycles. The lowest BCUT2D eigenvalue weighted by Crippen LogP contribution is -2.35. The van der Waals surface area contributed by atoms with Crippen molar-refractivity contribution in [2.24, 2.45) is 5.73 Å². The molecule has 1 unspecified atom stereocenters. The van der Waals surface area contributed by atoms with E-state index in [1.165, 1.54) is 4.31 Å². The predicted molar refractivity (Wildman–Crippen MR) is 86.4 cm³/mol. The van der Waals surface area contributed by atoms with E-state index in [0.29, 0.717) is 16.0 Å². The monoisotopic (exact) mass is 314 g/mol. The van der Waals surface area contributed by atoms with Gasteiger partial charge in [0.25, 0.3) is 0 Å². The van der Waals surface area contributed by atoms with Gasteiger partial charge < -0.3 is 5.73 Å². The lowest BCUT2D eigenvalue weighted by molar-refractivity contribution is 0.368. The number of rotatable bonds is 6. The van der Waals surface area contributed by atoms with Gasteiger partial charge in [-0.05, 0) is 38.0 Å². The Hall–Kier alpha value is -0.980. The van der Waals surface area contributed by atoms with Gasteiger partial charge in [0.05, 0.1) is 4.90 Å². The molecule has 0 aromatic heterocycles. The second kappa shape index (κ2) is 6.65. The predicted octanol–water partition coefficient (Wildman–Crippen LogP) is 2.44. The van der Waals surface area contributed by atoms with E-state index in [9.17, 15) is 8.42 Å². The second-order valence-electron chi connectivity index (χ2n) is 5.00. The zero-order valence-electron chi connectivity index (χ0n) is 12.4. The first-order valence-electron chi connectivity index (χ1n) is 6.60. The van der Waals surface area contributed by atoms with E-state index in [2.05, 4.69) is 0 Å². The van der Waals surface area contributed by atoms with Crippen molar-refractivity contribution in [2.45, 2.75) is 44.6 Å². The maximum atomic E-state index is 12.6. The summed E-state index contributed by atoms with van der Waals surface area (Å²) < 4.78 is 26.7. The van der Waals surface area contributed by atoms with Crippen molar-refractivity contribution in [1.29, 1.82) is 0 Å². The Kier molecular flexibility index (Phi) is 5.68. The Labute approximate surface area is 127 Å². The zero-order chi connectivity index (χ0) is 15.5. The number of hydrogen-bond acceptors (Lipinski definition) is 3. The molecule has 112 valence electrons. The lowest BCUT2D eigenvalue weighted by atomic mass is 10.1. The van der Waals surface area contributed by atoms with Crippen LogP contribution in [-0.4, -0.2) is 30.8 Å². The first-order chi connectivity index (χ1) is 9.21. The van der Waals surface area contributed by atoms with Gasteiger partial charge in [-0.3, -0.25) is 0 Å². The van der Waals surface area contributed by atoms with Crippen LogP contribution in [0.5, 0.6) is 0 Å². The van der Waals surface area contributed by atoms with Gasteiger partial charge in [-0.1, -0.05) is 31.6 Å². The molecule has 2 N–H and O–H groups in total. The smallest absolute Gasteiger partial charge is 0.243 e. The van der Waals surface area contributed by atoms with Crippen molar-refractivity contribution in [1.82, 2.24) is 4.31 Å². The third kappa shape index (κ3) is 3.56. The minimum atomic E-state index is -3.48. The number of nitrogens with zero attached hydrogens (tertiary/aromatic N) is 1. The van der Waals surface area contributed by atoms with Gasteiger partial charge >= 0.3 is 0 Å². The summed E-state index contributed by atoms with van der Waals surface area (Å²) in [7, 11) is -1.86. The molecule has 6 heteroatoms. The largest absolute Gasteiger partial charge is 0.389 e. The minimum absolute atomic E-state index is 0.0281. The Morgan fingerprint density at radius 3 is 2.50 bits per heavy atom. The maximum absolute atomic E-state index is 12.6. The van der Waals surface area contributed by atoms with Crippen LogP contribution >= 0.6 is 12.2 Å². The molecular formula is C14H22N2O2S2. The SMILES string of the molecule is CCCC(C)N(C)S(=O)(=O)c1ccc(C(N)=S)cc1C. The first-order valence-corrected chi connectivity index (χ1v) is 8.45. The molecule has 0 aliphatic heterocycles. The summed E-state index contributed by atoms with van der Waals surface area (Å²) in [4.78, 5) is 0.577. The van der Waals surface area contributed by atoms with Crippen LogP contribution < -0.4 is 5.73 Å². The summed E-state index contributed by atoms with van der Waals surface area (Å²) in [6.07, 6.45) is 1.78. The van der Waals surface area contributed by atoms with Crippen LogP contribution in [0.15, 0.2) is 23.1 Å². The van der Waals surface area contributed by atoms with Gasteiger partial charge in [0.2, 0.25) is 10.0 Å². The quantitative estimate of drug-likeness (QED) is 0.819. The Bertz CT molecular complexity index is 597. The Balaban J connectivity index is 3.19. The van der Waals surface area contributed by atoms with Crippen LogP contribution in [0.3, 0.4) is 0 Å². The standard InChI is InChI=1S/C14H22N2O2S2/c1-5-6-11(3)16(4)20(17,18)13-8-7-12(14(15)19)9-10(13)2/h7-9,11H,5-6H2,1-4H3,(H2,15,19). The average molecular weight is 314 g/mol. The summed E-state index contributed by atoms with van der Waals surface area (Å²) in [5, 5.41) is 0. The molecule has 20 heavy (non-hydrogen) atoms. The van der Waals surface area contributed by atoms with Crippen molar-refractivity contribution in [2.75, 3.05) is 7.05 Å². The highest BCUT2D eigenvalue weighted by atomic mass is 32.2. The molecule has 1 aromatic carbocycles. The Morgan fingerprint density at radius 2 is 2.05 bits per heavy atom. The highest BCUT2D eigenvalue weighted by Gasteiger charge is 2.26. The van der Waals surface area contributed by atoms with Crippen molar-refractivity contribution in [3.05, 3.63) is 29.3 Å². The van der Waals surface area contributed by atoms with E-state index in [-0.39, 0.29) is 11.0 Å². The number of aryl methyl sites for hydroxylation is 1. The van der Waals surface area contributed by atoms with Crippen LogP contribution in [0.1, 0.15) is 37.8 Å². The van der Waals surface area contributed by atoms with E-state index in [4.69, 9.17) is 18.0 Å². The first kappa shape index (κ1) is 17.1. The van der Waals surface area contributed by atoms with Crippen LogP contribution in [-0.2, 0) is 10.0 Å². The number of hydrogen-bond donors (Lipinski definition) is 1.